The first kappa shape index (κ1) is 14.9. The largest absolute Gasteiger partial charge is 0.484 e. The molecule has 0 bridgehead atoms. The Bertz CT molecular complexity index is 405. The zero-order valence-corrected chi connectivity index (χ0v) is 12.3. The fourth-order valence-corrected chi connectivity index (χ4v) is 2.95. The van der Waals surface area contributed by atoms with Gasteiger partial charge in [-0.25, -0.2) is 0 Å². The molecule has 0 spiro atoms. The number of carbonyl (C=O) groups is 1. The average Bonchev–Trinajstić information content (AvgIpc) is 2.91. The predicted molar refractivity (Wildman–Crippen MR) is 80.7 cm³/mol. The summed E-state index contributed by atoms with van der Waals surface area (Å²) in [4.78, 5) is 12.0. The van der Waals surface area contributed by atoms with Crippen LogP contribution in [0.25, 0.3) is 0 Å². The molecule has 2 atom stereocenters. The molecule has 3 nitrogen and oxygen atoms in total. The predicted octanol–water partition coefficient (Wildman–Crippen LogP) is 3.54. The number of para-hydroxylation sites is 1. The molecule has 1 aromatic carbocycles. The van der Waals surface area contributed by atoms with Gasteiger partial charge in [0, 0.05) is 6.04 Å². The molecule has 2 unspecified atom stereocenters. The zero-order chi connectivity index (χ0) is 14.2. The lowest BCUT2D eigenvalue weighted by Crippen LogP contribution is -2.40. The summed E-state index contributed by atoms with van der Waals surface area (Å²) >= 11 is 0. The van der Waals surface area contributed by atoms with E-state index in [1.54, 1.807) is 0 Å². The van der Waals surface area contributed by atoms with E-state index in [2.05, 4.69) is 12.2 Å². The third kappa shape index (κ3) is 4.55. The summed E-state index contributed by atoms with van der Waals surface area (Å²) in [6, 6.07) is 9.84. The van der Waals surface area contributed by atoms with Crippen LogP contribution in [0.5, 0.6) is 5.75 Å². The molecule has 0 saturated heterocycles. The fourth-order valence-electron chi connectivity index (χ4n) is 2.95. The Hall–Kier alpha value is -1.51. The molecule has 0 radical (unpaired) electrons. The van der Waals surface area contributed by atoms with E-state index >= 15 is 0 Å². The Labute approximate surface area is 121 Å². The van der Waals surface area contributed by atoms with Crippen molar-refractivity contribution in [1.29, 1.82) is 0 Å². The molecule has 2 rings (SSSR count). The summed E-state index contributed by atoms with van der Waals surface area (Å²) in [5.41, 5.74) is 0. The maximum absolute atomic E-state index is 12.0. The van der Waals surface area contributed by atoms with Crippen molar-refractivity contribution in [2.24, 2.45) is 5.92 Å². The third-order valence-corrected chi connectivity index (χ3v) is 4.05. The maximum atomic E-state index is 12.0. The van der Waals surface area contributed by atoms with Gasteiger partial charge in [0.05, 0.1) is 0 Å². The second-order valence-corrected chi connectivity index (χ2v) is 5.61. The highest BCUT2D eigenvalue weighted by Gasteiger charge is 2.27. The van der Waals surface area contributed by atoms with Crippen LogP contribution in [0.15, 0.2) is 30.3 Å². The van der Waals surface area contributed by atoms with Crippen LogP contribution in [0.3, 0.4) is 0 Å². The van der Waals surface area contributed by atoms with E-state index in [9.17, 15) is 4.79 Å². The van der Waals surface area contributed by atoms with Gasteiger partial charge in [0.2, 0.25) is 0 Å². The molecule has 1 amide bonds. The number of rotatable bonds is 7. The molecule has 0 aliphatic heterocycles. The summed E-state index contributed by atoms with van der Waals surface area (Å²) in [6.07, 6.45) is 7.33. The SMILES string of the molecule is CCCCC1CCCC1NC(=O)COc1ccccc1. The third-order valence-electron chi connectivity index (χ3n) is 4.05. The fraction of sp³-hybridized carbons (Fsp3) is 0.588. The van der Waals surface area contributed by atoms with E-state index in [-0.39, 0.29) is 12.5 Å². The van der Waals surface area contributed by atoms with Crippen molar-refractivity contribution in [2.45, 2.75) is 51.5 Å². The van der Waals surface area contributed by atoms with Crippen molar-refractivity contribution in [3.63, 3.8) is 0 Å². The summed E-state index contributed by atoms with van der Waals surface area (Å²) in [5, 5.41) is 3.14. The highest BCUT2D eigenvalue weighted by atomic mass is 16.5. The molecule has 1 aliphatic carbocycles. The Morgan fingerprint density at radius 1 is 1.30 bits per heavy atom. The number of amides is 1. The van der Waals surface area contributed by atoms with Crippen LogP contribution < -0.4 is 10.1 Å². The van der Waals surface area contributed by atoms with Gasteiger partial charge in [-0.2, -0.15) is 0 Å². The van der Waals surface area contributed by atoms with Crippen molar-refractivity contribution in [2.75, 3.05) is 6.61 Å². The first-order valence-corrected chi connectivity index (χ1v) is 7.77. The van der Waals surface area contributed by atoms with E-state index in [4.69, 9.17) is 4.74 Å². The standard InChI is InChI=1S/C17H25NO2/c1-2-3-8-14-9-7-12-16(14)18-17(19)13-20-15-10-5-4-6-11-15/h4-6,10-11,14,16H,2-3,7-9,12-13H2,1H3,(H,18,19). The summed E-state index contributed by atoms with van der Waals surface area (Å²) < 4.78 is 5.48. The molecule has 1 fully saturated rings. The molecule has 110 valence electrons. The molecule has 0 heterocycles. The number of nitrogens with one attached hydrogen (secondary N) is 1. The highest BCUT2D eigenvalue weighted by Crippen LogP contribution is 2.29. The maximum Gasteiger partial charge on any atom is 0.258 e. The smallest absolute Gasteiger partial charge is 0.258 e. The van der Waals surface area contributed by atoms with Gasteiger partial charge >= 0.3 is 0 Å². The number of hydrogen-bond acceptors (Lipinski definition) is 2. The van der Waals surface area contributed by atoms with Gasteiger partial charge in [0.25, 0.3) is 5.91 Å². The number of unbranched alkanes of at least 4 members (excludes halogenated alkanes) is 1. The van der Waals surface area contributed by atoms with Gasteiger partial charge in [0.1, 0.15) is 5.75 Å². The zero-order valence-electron chi connectivity index (χ0n) is 12.3. The molecule has 1 saturated carbocycles. The molecule has 1 aromatic rings. The molecule has 1 aliphatic rings. The number of ether oxygens (including phenoxy) is 1. The van der Waals surface area contributed by atoms with E-state index in [1.807, 2.05) is 30.3 Å². The van der Waals surface area contributed by atoms with E-state index in [0.717, 1.165) is 12.2 Å². The minimum Gasteiger partial charge on any atom is -0.484 e. The molecule has 20 heavy (non-hydrogen) atoms. The number of benzene rings is 1. The van der Waals surface area contributed by atoms with Crippen LogP contribution in [0, 0.1) is 5.92 Å². The lowest BCUT2D eigenvalue weighted by Gasteiger charge is -2.21. The van der Waals surface area contributed by atoms with Gasteiger partial charge in [-0.05, 0) is 37.3 Å². The Balaban J connectivity index is 1.73. The first-order valence-electron chi connectivity index (χ1n) is 7.77. The molecular formula is C17H25NO2. The minimum absolute atomic E-state index is 0.00208. The minimum atomic E-state index is 0.00208. The van der Waals surface area contributed by atoms with Crippen molar-refractivity contribution >= 4 is 5.91 Å². The normalized spacial score (nSPS) is 21.6. The Kier molecular flexibility index (Phi) is 5.90. The quantitative estimate of drug-likeness (QED) is 0.826. The molecular weight excluding hydrogens is 250 g/mol. The van der Waals surface area contributed by atoms with Crippen LogP contribution in [-0.4, -0.2) is 18.6 Å². The summed E-state index contributed by atoms with van der Waals surface area (Å²) in [7, 11) is 0. The molecule has 3 heteroatoms. The van der Waals surface area contributed by atoms with E-state index in [0.29, 0.717) is 12.0 Å². The highest BCUT2D eigenvalue weighted by molar-refractivity contribution is 5.77. The van der Waals surface area contributed by atoms with Crippen molar-refractivity contribution in [3.05, 3.63) is 30.3 Å². The number of hydrogen-bond donors (Lipinski definition) is 1. The van der Waals surface area contributed by atoms with Crippen molar-refractivity contribution < 1.29 is 9.53 Å². The monoisotopic (exact) mass is 275 g/mol. The molecule has 0 aromatic heterocycles. The van der Waals surface area contributed by atoms with Crippen LogP contribution in [0.1, 0.15) is 45.4 Å². The van der Waals surface area contributed by atoms with E-state index < -0.39 is 0 Å². The lowest BCUT2D eigenvalue weighted by atomic mass is 9.97. The lowest BCUT2D eigenvalue weighted by molar-refractivity contribution is -0.124. The Morgan fingerprint density at radius 3 is 2.85 bits per heavy atom. The first-order chi connectivity index (χ1) is 9.79. The second-order valence-electron chi connectivity index (χ2n) is 5.61. The van der Waals surface area contributed by atoms with Gasteiger partial charge in [-0.15, -0.1) is 0 Å². The van der Waals surface area contributed by atoms with Gasteiger partial charge in [-0.1, -0.05) is 44.4 Å². The van der Waals surface area contributed by atoms with Crippen LogP contribution in [0.2, 0.25) is 0 Å². The van der Waals surface area contributed by atoms with Gasteiger partial charge in [0.15, 0.2) is 6.61 Å². The Morgan fingerprint density at radius 2 is 2.10 bits per heavy atom. The molecule has 1 N–H and O–H groups in total. The van der Waals surface area contributed by atoms with Crippen molar-refractivity contribution in [3.8, 4) is 5.75 Å². The van der Waals surface area contributed by atoms with Crippen LogP contribution in [-0.2, 0) is 4.79 Å². The van der Waals surface area contributed by atoms with Crippen LogP contribution >= 0.6 is 0 Å². The topological polar surface area (TPSA) is 38.3 Å². The van der Waals surface area contributed by atoms with E-state index in [1.165, 1.54) is 32.1 Å². The second kappa shape index (κ2) is 7.93. The van der Waals surface area contributed by atoms with Crippen LogP contribution in [0.4, 0.5) is 0 Å². The van der Waals surface area contributed by atoms with Gasteiger partial charge in [-0.3, -0.25) is 4.79 Å². The van der Waals surface area contributed by atoms with Crippen molar-refractivity contribution in [1.82, 2.24) is 5.32 Å². The number of carbonyl (C=O) groups excluding carboxylic acids is 1. The summed E-state index contributed by atoms with van der Waals surface area (Å²) in [6.45, 7) is 2.33. The van der Waals surface area contributed by atoms with Gasteiger partial charge < -0.3 is 10.1 Å². The average molecular weight is 275 g/mol. The summed E-state index contributed by atoms with van der Waals surface area (Å²) in [5.74, 6) is 1.41.